The Morgan fingerprint density at radius 1 is 1.38 bits per heavy atom. The molecule has 0 saturated heterocycles. The van der Waals surface area contributed by atoms with Gasteiger partial charge in [0.1, 0.15) is 5.78 Å². The highest BCUT2D eigenvalue weighted by Crippen LogP contribution is 2.25. The number of hydrogen-bond donors (Lipinski definition) is 4. The molecule has 2 atom stereocenters. The highest BCUT2D eigenvalue weighted by atomic mass is 16.4. The predicted octanol–water partition coefficient (Wildman–Crippen LogP) is 0.832. The minimum absolute atomic E-state index is 0.118. The molecule has 6 nitrogen and oxygen atoms in total. The molecule has 1 aromatic heterocycles. The van der Waals surface area contributed by atoms with E-state index in [1.165, 1.54) is 6.92 Å². The topological polar surface area (TPSA) is 116 Å². The summed E-state index contributed by atoms with van der Waals surface area (Å²) in [5.74, 6) is -1.74. The summed E-state index contributed by atoms with van der Waals surface area (Å²) in [5, 5.41) is 20.5. The smallest absolute Gasteiger partial charge is 0.336 e. The number of para-hydroxylation sites is 1. The van der Waals surface area contributed by atoms with Gasteiger partial charge in [-0.25, -0.2) is 4.79 Å². The average molecular weight is 290 g/mol. The summed E-state index contributed by atoms with van der Waals surface area (Å²) >= 11 is 0. The number of H-pyrrole nitrogens is 1. The van der Waals surface area contributed by atoms with Gasteiger partial charge in [-0.15, -0.1) is 0 Å². The number of Topliss-reactive ketones (excluding diaryl/α,β-unsaturated/α-hetero) is 1. The van der Waals surface area contributed by atoms with Crippen molar-refractivity contribution in [2.45, 2.75) is 31.4 Å². The summed E-state index contributed by atoms with van der Waals surface area (Å²) in [7, 11) is 0. The van der Waals surface area contributed by atoms with Crippen LogP contribution >= 0.6 is 0 Å². The molecule has 2 aromatic rings. The van der Waals surface area contributed by atoms with E-state index in [9.17, 15) is 19.8 Å². The van der Waals surface area contributed by atoms with E-state index in [0.29, 0.717) is 5.56 Å². The normalized spacial score (nSPS) is 15.6. The van der Waals surface area contributed by atoms with Crippen LogP contribution in [0, 0.1) is 0 Å². The van der Waals surface area contributed by atoms with Gasteiger partial charge in [-0.1, -0.05) is 18.2 Å². The monoisotopic (exact) mass is 290 g/mol. The van der Waals surface area contributed by atoms with Gasteiger partial charge in [0.25, 0.3) is 0 Å². The fourth-order valence-electron chi connectivity index (χ4n) is 2.34. The second-order valence-corrected chi connectivity index (χ2v) is 5.29. The first-order valence-electron chi connectivity index (χ1n) is 6.60. The van der Waals surface area contributed by atoms with Crippen LogP contribution in [-0.4, -0.2) is 38.6 Å². The Labute approximate surface area is 121 Å². The number of benzene rings is 1. The predicted molar refractivity (Wildman–Crippen MR) is 77.9 cm³/mol. The molecular weight excluding hydrogens is 272 g/mol. The van der Waals surface area contributed by atoms with Crippen LogP contribution in [0.2, 0.25) is 0 Å². The van der Waals surface area contributed by atoms with Crippen LogP contribution in [0.5, 0.6) is 0 Å². The second-order valence-electron chi connectivity index (χ2n) is 5.29. The number of aliphatic carboxylic acids is 1. The first-order valence-corrected chi connectivity index (χ1v) is 6.60. The van der Waals surface area contributed by atoms with E-state index in [-0.39, 0.29) is 18.6 Å². The Morgan fingerprint density at radius 2 is 2.05 bits per heavy atom. The fourth-order valence-corrected chi connectivity index (χ4v) is 2.34. The Morgan fingerprint density at radius 3 is 2.67 bits per heavy atom. The molecule has 0 unspecified atom stereocenters. The molecule has 0 amide bonds. The first kappa shape index (κ1) is 15.2. The zero-order chi connectivity index (χ0) is 15.6. The lowest BCUT2D eigenvalue weighted by Crippen LogP contribution is -2.47. The van der Waals surface area contributed by atoms with Crippen molar-refractivity contribution in [3.8, 4) is 0 Å². The zero-order valence-electron chi connectivity index (χ0n) is 11.7. The molecule has 112 valence electrons. The third kappa shape index (κ3) is 3.12. The van der Waals surface area contributed by atoms with Crippen molar-refractivity contribution in [2.24, 2.45) is 5.73 Å². The highest BCUT2D eigenvalue weighted by Gasteiger charge is 2.39. The minimum atomic E-state index is -2.07. The molecule has 6 heteroatoms. The van der Waals surface area contributed by atoms with E-state index in [2.05, 4.69) is 4.98 Å². The number of nitrogens with two attached hydrogens (primary N) is 1. The number of aromatic nitrogens is 1. The summed E-state index contributed by atoms with van der Waals surface area (Å²) in [5.41, 5.74) is 5.06. The van der Waals surface area contributed by atoms with Crippen molar-refractivity contribution in [2.75, 3.05) is 0 Å². The summed E-state index contributed by atoms with van der Waals surface area (Å²) in [6.45, 7) is 1.28. The van der Waals surface area contributed by atoms with Gasteiger partial charge >= 0.3 is 5.97 Å². The number of hydrogen-bond acceptors (Lipinski definition) is 4. The van der Waals surface area contributed by atoms with Crippen LogP contribution < -0.4 is 5.73 Å². The number of ketones is 1. The van der Waals surface area contributed by atoms with Gasteiger partial charge in [-0.05, 0) is 18.6 Å². The van der Waals surface area contributed by atoms with E-state index in [1.54, 1.807) is 6.20 Å². The summed E-state index contributed by atoms with van der Waals surface area (Å²) in [6.07, 6.45) is 1.22. The van der Waals surface area contributed by atoms with E-state index < -0.39 is 17.6 Å². The van der Waals surface area contributed by atoms with E-state index in [0.717, 1.165) is 10.9 Å². The summed E-state index contributed by atoms with van der Waals surface area (Å²) < 4.78 is 0. The number of carboxylic acid groups (broad SMARTS) is 1. The SMILES string of the molecule is CC(=O)[C@@H](N)C[C@@](O)(Cc1c[nH]c2ccccc12)C(=O)O. The van der Waals surface area contributed by atoms with Crippen LogP contribution in [0.1, 0.15) is 18.9 Å². The lowest BCUT2D eigenvalue weighted by atomic mass is 9.87. The molecule has 2 rings (SSSR count). The molecule has 0 radical (unpaired) electrons. The third-order valence-corrected chi connectivity index (χ3v) is 3.64. The van der Waals surface area contributed by atoms with Crippen molar-refractivity contribution >= 4 is 22.7 Å². The van der Waals surface area contributed by atoms with E-state index >= 15 is 0 Å². The lowest BCUT2D eigenvalue weighted by molar-refractivity contribution is -0.159. The molecule has 1 aromatic carbocycles. The van der Waals surface area contributed by atoms with Crippen molar-refractivity contribution < 1.29 is 19.8 Å². The van der Waals surface area contributed by atoms with Gasteiger partial charge in [0.05, 0.1) is 6.04 Å². The number of carboxylic acids is 1. The van der Waals surface area contributed by atoms with Gasteiger partial charge in [0.2, 0.25) is 0 Å². The van der Waals surface area contributed by atoms with Crippen molar-refractivity contribution in [3.63, 3.8) is 0 Å². The number of carbonyl (C=O) groups excluding carboxylic acids is 1. The van der Waals surface area contributed by atoms with Gasteiger partial charge in [-0.3, -0.25) is 4.79 Å². The molecule has 0 aliphatic carbocycles. The number of carbonyl (C=O) groups is 2. The molecular formula is C15H18N2O4. The van der Waals surface area contributed by atoms with Gasteiger partial charge < -0.3 is 20.9 Å². The zero-order valence-corrected chi connectivity index (χ0v) is 11.7. The third-order valence-electron chi connectivity index (χ3n) is 3.64. The molecule has 0 spiro atoms. The maximum Gasteiger partial charge on any atom is 0.336 e. The molecule has 0 fully saturated rings. The number of fused-ring (bicyclic) bond motifs is 1. The van der Waals surface area contributed by atoms with Crippen LogP contribution in [0.15, 0.2) is 30.5 Å². The van der Waals surface area contributed by atoms with Gasteiger partial charge in [0.15, 0.2) is 5.60 Å². The minimum Gasteiger partial charge on any atom is -0.479 e. The lowest BCUT2D eigenvalue weighted by Gasteiger charge is -2.25. The van der Waals surface area contributed by atoms with Gasteiger partial charge in [0, 0.05) is 29.9 Å². The number of aliphatic hydroxyl groups is 1. The number of rotatable bonds is 6. The maximum atomic E-state index is 11.4. The van der Waals surface area contributed by atoms with E-state index in [1.807, 2.05) is 24.3 Å². The van der Waals surface area contributed by atoms with Crippen LogP contribution in [0.25, 0.3) is 10.9 Å². The van der Waals surface area contributed by atoms with E-state index in [4.69, 9.17) is 5.73 Å². The highest BCUT2D eigenvalue weighted by molar-refractivity contribution is 5.86. The molecule has 5 N–H and O–H groups in total. The second kappa shape index (κ2) is 5.67. The van der Waals surface area contributed by atoms with Crippen LogP contribution in [-0.2, 0) is 16.0 Å². The molecule has 21 heavy (non-hydrogen) atoms. The van der Waals surface area contributed by atoms with Gasteiger partial charge in [-0.2, -0.15) is 0 Å². The number of nitrogens with one attached hydrogen (secondary N) is 1. The quantitative estimate of drug-likeness (QED) is 0.629. The molecule has 0 aliphatic heterocycles. The van der Waals surface area contributed by atoms with Crippen molar-refractivity contribution in [1.29, 1.82) is 0 Å². The summed E-state index contributed by atoms with van der Waals surface area (Å²) in [6, 6.07) is 6.39. The number of aromatic amines is 1. The molecule has 0 saturated carbocycles. The standard InChI is InChI=1S/C15H18N2O4/c1-9(18)12(16)7-15(21,14(19)20)6-10-8-17-13-5-3-2-4-11(10)13/h2-5,8,12,17,21H,6-7,16H2,1H3,(H,19,20)/t12-,15-/m0/s1. The Bertz CT molecular complexity index is 679. The molecule has 0 aliphatic rings. The first-order chi connectivity index (χ1) is 9.83. The molecule has 1 heterocycles. The average Bonchev–Trinajstić information content (AvgIpc) is 2.81. The van der Waals surface area contributed by atoms with Crippen molar-refractivity contribution in [1.82, 2.24) is 4.98 Å². The van der Waals surface area contributed by atoms with Crippen LogP contribution in [0.4, 0.5) is 0 Å². The maximum absolute atomic E-state index is 11.4. The Balaban J connectivity index is 2.31. The van der Waals surface area contributed by atoms with Crippen LogP contribution in [0.3, 0.4) is 0 Å². The Kier molecular flexibility index (Phi) is 4.11. The summed E-state index contributed by atoms with van der Waals surface area (Å²) in [4.78, 5) is 25.7. The Hall–Kier alpha value is -2.18. The largest absolute Gasteiger partial charge is 0.479 e. The fraction of sp³-hybridized carbons (Fsp3) is 0.333. The molecule has 0 bridgehead atoms. The van der Waals surface area contributed by atoms with Crippen molar-refractivity contribution in [3.05, 3.63) is 36.0 Å².